The molecular weight excluding hydrogens is 324 g/mol. The van der Waals surface area contributed by atoms with Crippen LogP contribution in [0.15, 0.2) is 65.6 Å². The Hall–Kier alpha value is -2.88. The molecular formula is C22H22N2O2. The van der Waals surface area contributed by atoms with Crippen LogP contribution in [0.3, 0.4) is 0 Å². The fourth-order valence-corrected chi connectivity index (χ4v) is 3.96. The van der Waals surface area contributed by atoms with Crippen molar-refractivity contribution >= 4 is 16.8 Å². The number of likely N-dealkylation sites (N-methyl/N-ethyl adjacent to an activating group) is 1. The molecule has 1 aliphatic rings. The molecule has 1 amide bonds. The summed E-state index contributed by atoms with van der Waals surface area (Å²) in [6.07, 6.45) is 4.88. The van der Waals surface area contributed by atoms with Crippen molar-refractivity contribution in [2.24, 2.45) is 0 Å². The molecule has 0 fully saturated rings. The molecule has 0 saturated heterocycles. The van der Waals surface area contributed by atoms with E-state index in [0.29, 0.717) is 5.39 Å². The second-order valence-corrected chi connectivity index (χ2v) is 6.94. The lowest BCUT2D eigenvalue weighted by molar-refractivity contribution is -0.133. The minimum atomic E-state index is -0.0149. The number of hydrogen-bond donors (Lipinski definition) is 0. The van der Waals surface area contributed by atoms with Crippen LogP contribution in [0.2, 0.25) is 0 Å². The number of rotatable bonds is 3. The molecule has 4 heteroatoms. The third-order valence-electron chi connectivity index (χ3n) is 5.39. The van der Waals surface area contributed by atoms with Gasteiger partial charge in [-0.1, -0.05) is 36.4 Å². The molecule has 2 aromatic carbocycles. The van der Waals surface area contributed by atoms with Gasteiger partial charge in [-0.05, 0) is 42.5 Å². The molecule has 4 rings (SSSR count). The lowest BCUT2D eigenvalue weighted by Crippen LogP contribution is -2.35. The highest BCUT2D eigenvalue weighted by Crippen LogP contribution is 2.33. The highest BCUT2D eigenvalue weighted by molar-refractivity contribution is 5.82. The summed E-state index contributed by atoms with van der Waals surface area (Å²) in [5.41, 5.74) is 3.39. The van der Waals surface area contributed by atoms with E-state index in [1.54, 1.807) is 12.3 Å². The smallest absolute Gasteiger partial charge is 0.242 e. The van der Waals surface area contributed by atoms with Gasteiger partial charge in [-0.2, -0.15) is 0 Å². The fourth-order valence-electron chi connectivity index (χ4n) is 3.96. The Labute approximate surface area is 152 Å². The van der Waals surface area contributed by atoms with Gasteiger partial charge >= 0.3 is 0 Å². The van der Waals surface area contributed by atoms with Crippen LogP contribution >= 0.6 is 0 Å². The second-order valence-electron chi connectivity index (χ2n) is 6.94. The van der Waals surface area contributed by atoms with E-state index in [1.807, 2.05) is 40.8 Å². The Kier molecular flexibility index (Phi) is 4.33. The lowest BCUT2D eigenvalue weighted by atomic mass is 9.87. The minimum absolute atomic E-state index is 0.0149. The number of pyridine rings is 1. The maximum absolute atomic E-state index is 13.0. The average Bonchev–Trinajstić information content (AvgIpc) is 2.69. The van der Waals surface area contributed by atoms with Gasteiger partial charge in [-0.15, -0.1) is 0 Å². The third-order valence-corrected chi connectivity index (χ3v) is 5.39. The summed E-state index contributed by atoms with van der Waals surface area (Å²) in [6.45, 7) is 0.232. The van der Waals surface area contributed by atoms with Gasteiger partial charge < -0.3 is 9.47 Å². The summed E-state index contributed by atoms with van der Waals surface area (Å²) in [7, 11) is 1.89. The number of hydrogen-bond acceptors (Lipinski definition) is 2. The van der Waals surface area contributed by atoms with Crippen LogP contribution in [0.4, 0.5) is 0 Å². The third kappa shape index (κ3) is 2.92. The predicted molar refractivity (Wildman–Crippen MR) is 103 cm³/mol. The molecule has 132 valence electrons. The highest BCUT2D eigenvalue weighted by Gasteiger charge is 2.26. The summed E-state index contributed by atoms with van der Waals surface area (Å²) >= 11 is 0. The summed E-state index contributed by atoms with van der Waals surface area (Å²) in [5.74, 6) is 0.0560. The quantitative estimate of drug-likeness (QED) is 0.728. The zero-order valence-electron chi connectivity index (χ0n) is 14.9. The minimum Gasteiger partial charge on any atom is -0.338 e. The molecule has 1 aromatic heterocycles. The van der Waals surface area contributed by atoms with Crippen molar-refractivity contribution in [3.8, 4) is 0 Å². The second kappa shape index (κ2) is 6.79. The van der Waals surface area contributed by atoms with Crippen LogP contribution in [0.1, 0.15) is 30.0 Å². The Morgan fingerprint density at radius 3 is 2.77 bits per heavy atom. The Morgan fingerprint density at radius 1 is 1.12 bits per heavy atom. The Balaban J connectivity index is 1.62. The Bertz CT molecular complexity index is 1020. The predicted octanol–water partition coefficient (Wildman–Crippen LogP) is 3.54. The monoisotopic (exact) mass is 346 g/mol. The zero-order chi connectivity index (χ0) is 18.1. The summed E-state index contributed by atoms with van der Waals surface area (Å²) in [4.78, 5) is 26.9. The molecule has 0 bridgehead atoms. The molecule has 0 spiro atoms. The first-order valence-electron chi connectivity index (χ1n) is 9.07. The number of carbonyl (C=O) groups is 1. The van der Waals surface area contributed by atoms with Gasteiger partial charge in [-0.3, -0.25) is 9.59 Å². The van der Waals surface area contributed by atoms with Crippen molar-refractivity contribution in [3.63, 3.8) is 0 Å². The Morgan fingerprint density at radius 2 is 1.88 bits per heavy atom. The van der Waals surface area contributed by atoms with E-state index in [4.69, 9.17) is 0 Å². The van der Waals surface area contributed by atoms with Gasteiger partial charge in [-0.25, -0.2) is 0 Å². The topological polar surface area (TPSA) is 42.3 Å². The van der Waals surface area contributed by atoms with Crippen LogP contribution in [0.5, 0.6) is 0 Å². The largest absolute Gasteiger partial charge is 0.338 e. The number of nitrogens with zero attached hydrogens (tertiary/aromatic N) is 2. The van der Waals surface area contributed by atoms with Crippen molar-refractivity contribution < 1.29 is 4.79 Å². The van der Waals surface area contributed by atoms with Crippen LogP contribution in [-0.2, 0) is 17.8 Å². The lowest BCUT2D eigenvalue weighted by Gasteiger charge is -2.33. The van der Waals surface area contributed by atoms with E-state index in [2.05, 4.69) is 18.2 Å². The average molecular weight is 346 g/mol. The van der Waals surface area contributed by atoms with Crippen LogP contribution < -0.4 is 5.43 Å². The zero-order valence-corrected chi connectivity index (χ0v) is 14.9. The summed E-state index contributed by atoms with van der Waals surface area (Å²) in [6, 6.07) is 17.5. The first-order chi connectivity index (χ1) is 12.6. The fraction of sp³-hybridized carbons (Fsp3) is 0.273. The normalized spacial score (nSPS) is 16.3. The number of benzene rings is 2. The standard InChI is InChI=1S/C22H22N2O2/c1-23(19-12-6-8-16-7-2-3-9-17(16)19)22(26)15-24-14-13-21(25)18-10-4-5-11-20(18)24/h2-5,7,9-11,13-14,19H,6,8,12,15H2,1H3. The molecule has 4 nitrogen and oxygen atoms in total. The van der Waals surface area contributed by atoms with Crippen molar-refractivity contribution in [1.29, 1.82) is 0 Å². The van der Waals surface area contributed by atoms with Crippen LogP contribution in [0, 0.1) is 0 Å². The van der Waals surface area contributed by atoms with E-state index in [9.17, 15) is 9.59 Å². The van der Waals surface area contributed by atoms with Crippen LogP contribution in [-0.4, -0.2) is 22.4 Å². The molecule has 1 atom stereocenters. The van der Waals surface area contributed by atoms with Gasteiger partial charge in [0.1, 0.15) is 6.54 Å². The molecule has 1 heterocycles. The molecule has 1 aliphatic carbocycles. The molecule has 1 unspecified atom stereocenters. The molecule has 3 aromatic rings. The molecule has 0 radical (unpaired) electrons. The van der Waals surface area contributed by atoms with Crippen molar-refractivity contribution in [2.45, 2.75) is 31.8 Å². The van der Waals surface area contributed by atoms with Gasteiger partial charge in [0.15, 0.2) is 5.43 Å². The van der Waals surface area contributed by atoms with Gasteiger partial charge in [0.05, 0.1) is 11.6 Å². The van der Waals surface area contributed by atoms with Crippen LogP contribution in [0.25, 0.3) is 10.9 Å². The first-order valence-corrected chi connectivity index (χ1v) is 9.07. The van der Waals surface area contributed by atoms with E-state index < -0.39 is 0 Å². The molecule has 0 saturated carbocycles. The maximum Gasteiger partial charge on any atom is 0.242 e. The number of aryl methyl sites for hydroxylation is 1. The number of fused-ring (bicyclic) bond motifs is 2. The van der Waals surface area contributed by atoms with E-state index >= 15 is 0 Å². The van der Waals surface area contributed by atoms with E-state index in [-0.39, 0.29) is 23.9 Å². The number of para-hydroxylation sites is 1. The molecule has 26 heavy (non-hydrogen) atoms. The maximum atomic E-state index is 13.0. The number of aromatic nitrogens is 1. The van der Waals surface area contributed by atoms with E-state index in [1.165, 1.54) is 17.2 Å². The number of amides is 1. The van der Waals surface area contributed by atoms with Gasteiger partial charge in [0, 0.05) is 24.7 Å². The van der Waals surface area contributed by atoms with Crippen molar-refractivity contribution in [1.82, 2.24) is 9.47 Å². The first kappa shape index (κ1) is 16.6. The molecule has 0 N–H and O–H groups in total. The summed E-state index contributed by atoms with van der Waals surface area (Å²) in [5, 5.41) is 0.647. The SMILES string of the molecule is CN(C(=O)Cn1ccc(=O)c2ccccc21)C1CCCc2ccccc21. The number of carbonyl (C=O) groups excluding carboxylic acids is 1. The van der Waals surface area contributed by atoms with Gasteiger partial charge in [0.25, 0.3) is 0 Å². The molecule has 0 aliphatic heterocycles. The highest BCUT2D eigenvalue weighted by atomic mass is 16.2. The van der Waals surface area contributed by atoms with Crippen molar-refractivity contribution in [2.75, 3.05) is 7.05 Å². The van der Waals surface area contributed by atoms with Crippen molar-refractivity contribution in [3.05, 3.63) is 82.1 Å². The van der Waals surface area contributed by atoms with E-state index in [0.717, 1.165) is 24.8 Å². The summed E-state index contributed by atoms with van der Waals surface area (Å²) < 4.78 is 1.87. The van der Waals surface area contributed by atoms with Gasteiger partial charge in [0.2, 0.25) is 5.91 Å².